The molecule has 0 aliphatic rings. The van der Waals surface area contributed by atoms with Gasteiger partial charge in [0.15, 0.2) is 0 Å². The third kappa shape index (κ3) is 4.36. The molecule has 0 fully saturated rings. The Kier molecular flexibility index (Phi) is 5.24. The first-order chi connectivity index (χ1) is 6.90. The van der Waals surface area contributed by atoms with Crippen LogP contribution in [0.3, 0.4) is 0 Å². The fraction of sp³-hybridized carbons (Fsp3) is 0.600. The standard InChI is InChI=1S/C10H16N2O3/c1-5-6-11(3)10(15)12(4)7-8(2)9(13)14/h1,8H,6-7H2,2-4H3,(H,13,14). The Morgan fingerprint density at radius 2 is 1.93 bits per heavy atom. The summed E-state index contributed by atoms with van der Waals surface area (Å²) in [6.07, 6.45) is 5.06. The lowest BCUT2D eigenvalue weighted by molar-refractivity contribution is -0.141. The molecule has 84 valence electrons. The lowest BCUT2D eigenvalue weighted by atomic mass is 10.2. The van der Waals surface area contributed by atoms with E-state index in [0.717, 1.165) is 0 Å². The second-order valence-corrected chi connectivity index (χ2v) is 3.46. The van der Waals surface area contributed by atoms with Crippen LogP contribution >= 0.6 is 0 Å². The number of carbonyl (C=O) groups excluding carboxylic acids is 1. The molecular formula is C10H16N2O3. The van der Waals surface area contributed by atoms with Gasteiger partial charge >= 0.3 is 12.0 Å². The van der Waals surface area contributed by atoms with Crippen LogP contribution in [0.1, 0.15) is 6.92 Å². The summed E-state index contributed by atoms with van der Waals surface area (Å²) in [4.78, 5) is 24.8. The van der Waals surface area contributed by atoms with Crippen molar-refractivity contribution in [3.8, 4) is 12.3 Å². The van der Waals surface area contributed by atoms with E-state index in [1.165, 1.54) is 9.80 Å². The predicted octanol–water partition coefficient (Wildman–Crippen LogP) is 0.324. The van der Waals surface area contributed by atoms with E-state index in [1.54, 1.807) is 21.0 Å². The minimum absolute atomic E-state index is 0.170. The molecule has 15 heavy (non-hydrogen) atoms. The first-order valence-corrected chi connectivity index (χ1v) is 4.52. The van der Waals surface area contributed by atoms with Gasteiger partial charge in [-0.3, -0.25) is 4.79 Å². The molecule has 0 heterocycles. The van der Waals surface area contributed by atoms with E-state index in [1.807, 2.05) is 0 Å². The number of terminal acetylenes is 1. The van der Waals surface area contributed by atoms with Gasteiger partial charge in [0, 0.05) is 20.6 Å². The highest BCUT2D eigenvalue weighted by Crippen LogP contribution is 2.01. The van der Waals surface area contributed by atoms with E-state index in [9.17, 15) is 9.59 Å². The zero-order chi connectivity index (χ0) is 12.0. The van der Waals surface area contributed by atoms with Crippen molar-refractivity contribution in [2.75, 3.05) is 27.2 Å². The van der Waals surface area contributed by atoms with Crippen molar-refractivity contribution in [2.45, 2.75) is 6.92 Å². The normalized spacial score (nSPS) is 11.3. The van der Waals surface area contributed by atoms with Gasteiger partial charge in [0.2, 0.25) is 0 Å². The van der Waals surface area contributed by atoms with E-state index >= 15 is 0 Å². The third-order valence-corrected chi connectivity index (χ3v) is 1.95. The van der Waals surface area contributed by atoms with Gasteiger partial charge in [-0.1, -0.05) is 12.8 Å². The minimum Gasteiger partial charge on any atom is -0.481 e. The molecule has 0 spiro atoms. The average molecular weight is 212 g/mol. The second kappa shape index (κ2) is 5.91. The summed E-state index contributed by atoms with van der Waals surface area (Å²) in [6.45, 7) is 1.93. The Bertz CT molecular complexity index is 283. The number of rotatable bonds is 4. The summed E-state index contributed by atoms with van der Waals surface area (Å²) in [5.74, 6) is 0.834. The van der Waals surface area contributed by atoms with Gasteiger partial charge in [-0.15, -0.1) is 6.42 Å². The van der Waals surface area contributed by atoms with Crippen LogP contribution in [0.5, 0.6) is 0 Å². The second-order valence-electron chi connectivity index (χ2n) is 3.46. The molecule has 0 aliphatic carbocycles. The van der Waals surface area contributed by atoms with Crippen molar-refractivity contribution in [3.63, 3.8) is 0 Å². The van der Waals surface area contributed by atoms with Crippen molar-refractivity contribution in [1.82, 2.24) is 9.80 Å². The number of nitrogens with zero attached hydrogens (tertiary/aromatic N) is 2. The van der Waals surface area contributed by atoms with E-state index in [2.05, 4.69) is 5.92 Å². The molecular weight excluding hydrogens is 196 g/mol. The summed E-state index contributed by atoms with van der Waals surface area (Å²) in [5, 5.41) is 8.67. The fourth-order valence-corrected chi connectivity index (χ4v) is 1.06. The average Bonchev–Trinajstić information content (AvgIpc) is 2.16. The number of carboxylic acids is 1. The number of urea groups is 1. The number of carboxylic acid groups (broad SMARTS) is 1. The van der Waals surface area contributed by atoms with Gasteiger partial charge < -0.3 is 14.9 Å². The van der Waals surface area contributed by atoms with Crippen molar-refractivity contribution >= 4 is 12.0 Å². The highest BCUT2D eigenvalue weighted by atomic mass is 16.4. The van der Waals surface area contributed by atoms with E-state index in [-0.39, 0.29) is 19.1 Å². The Balaban J connectivity index is 4.22. The zero-order valence-electron chi connectivity index (χ0n) is 9.23. The molecule has 0 aromatic heterocycles. The van der Waals surface area contributed by atoms with Crippen molar-refractivity contribution in [3.05, 3.63) is 0 Å². The van der Waals surface area contributed by atoms with Crippen LogP contribution in [0.2, 0.25) is 0 Å². The summed E-state index contributed by atoms with van der Waals surface area (Å²) in [5.41, 5.74) is 0. The monoisotopic (exact) mass is 212 g/mol. The van der Waals surface area contributed by atoms with Crippen LogP contribution in [0, 0.1) is 18.3 Å². The molecule has 0 rings (SSSR count). The van der Waals surface area contributed by atoms with Gasteiger partial charge in [0.05, 0.1) is 12.5 Å². The number of carbonyl (C=O) groups is 2. The van der Waals surface area contributed by atoms with Crippen LogP contribution in [-0.2, 0) is 4.79 Å². The topological polar surface area (TPSA) is 60.9 Å². The predicted molar refractivity (Wildman–Crippen MR) is 56.3 cm³/mol. The van der Waals surface area contributed by atoms with Crippen molar-refractivity contribution in [2.24, 2.45) is 5.92 Å². The first kappa shape index (κ1) is 13.3. The number of aliphatic carboxylic acids is 1. The molecule has 0 radical (unpaired) electrons. The van der Waals surface area contributed by atoms with Crippen LogP contribution in [0.25, 0.3) is 0 Å². The third-order valence-electron chi connectivity index (χ3n) is 1.95. The lowest BCUT2D eigenvalue weighted by Crippen LogP contribution is -2.41. The quantitative estimate of drug-likeness (QED) is 0.683. The maximum Gasteiger partial charge on any atom is 0.320 e. The summed E-state index contributed by atoms with van der Waals surface area (Å²) < 4.78 is 0. The SMILES string of the molecule is C#CCN(C)C(=O)N(C)CC(C)C(=O)O. The molecule has 0 aliphatic heterocycles. The fourth-order valence-electron chi connectivity index (χ4n) is 1.06. The number of hydrogen-bond donors (Lipinski definition) is 1. The molecule has 0 aromatic rings. The number of amides is 2. The highest BCUT2D eigenvalue weighted by molar-refractivity contribution is 5.75. The van der Waals surface area contributed by atoms with Gasteiger partial charge in [0.1, 0.15) is 0 Å². The van der Waals surface area contributed by atoms with Gasteiger partial charge in [-0.2, -0.15) is 0 Å². The molecule has 5 heteroatoms. The molecule has 1 N–H and O–H groups in total. The highest BCUT2D eigenvalue weighted by Gasteiger charge is 2.19. The largest absolute Gasteiger partial charge is 0.481 e. The van der Waals surface area contributed by atoms with E-state index < -0.39 is 11.9 Å². The van der Waals surface area contributed by atoms with Crippen molar-refractivity contribution < 1.29 is 14.7 Å². The van der Waals surface area contributed by atoms with E-state index in [4.69, 9.17) is 11.5 Å². The molecule has 0 bridgehead atoms. The maximum absolute atomic E-state index is 11.6. The van der Waals surface area contributed by atoms with Crippen LogP contribution in [0.4, 0.5) is 4.79 Å². The smallest absolute Gasteiger partial charge is 0.320 e. The molecule has 2 amide bonds. The van der Waals surface area contributed by atoms with Crippen molar-refractivity contribution in [1.29, 1.82) is 0 Å². The van der Waals surface area contributed by atoms with Crippen LogP contribution in [-0.4, -0.2) is 54.1 Å². The zero-order valence-corrected chi connectivity index (χ0v) is 9.23. The molecule has 1 atom stereocenters. The van der Waals surface area contributed by atoms with Crippen LogP contribution < -0.4 is 0 Å². The molecule has 0 saturated carbocycles. The van der Waals surface area contributed by atoms with Gasteiger partial charge in [0.25, 0.3) is 0 Å². The van der Waals surface area contributed by atoms with Gasteiger partial charge in [-0.05, 0) is 0 Å². The van der Waals surface area contributed by atoms with Crippen LogP contribution in [0.15, 0.2) is 0 Å². The first-order valence-electron chi connectivity index (χ1n) is 4.52. The Morgan fingerprint density at radius 3 is 2.33 bits per heavy atom. The van der Waals surface area contributed by atoms with E-state index in [0.29, 0.717) is 0 Å². The summed E-state index contributed by atoms with van der Waals surface area (Å²) in [7, 11) is 3.12. The molecule has 0 aromatic carbocycles. The minimum atomic E-state index is -0.922. The van der Waals surface area contributed by atoms with Gasteiger partial charge in [-0.25, -0.2) is 4.79 Å². The summed E-state index contributed by atoms with van der Waals surface area (Å²) in [6, 6.07) is -0.277. The lowest BCUT2D eigenvalue weighted by Gasteiger charge is -2.24. The Morgan fingerprint density at radius 1 is 1.40 bits per heavy atom. The molecule has 1 unspecified atom stereocenters. The Hall–Kier alpha value is -1.70. The molecule has 0 saturated heterocycles. The maximum atomic E-state index is 11.6. The number of hydrogen-bond acceptors (Lipinski definition) is 2. The molecule has 5 nitrogen and oxygen atoms in total. The summed E-state index contributed by atoms with van der Waals surface area (Å²) >= 11 is 0. The Labute approximate surface area is 89.7 Å².